The lowest BCUT2D eigenvalue weighted by Gasteiger charge is -2.10. The van der Waals surface area contributed by atoms with Crippen LogP contribution in [0.5, 0.6) is 0 Å². The van der Waals surface area contributed by atoms with E-state index in [1.54, 1.807) is 12.1 Å². The van der Waals surface area contributed by atoms with Crippen LogP contribution in [0.3, 0.4) is 0 Å². The van der Waals surface area contributed by atoms with Crippen LogP contribution < -0.4 is 10.0 Å². The Labute approximate surface area is 152 Å². The van der Waals surface area contributed by atoms with Crippen LogP contribution in [0.1, 0.15) is 15.9 Å². The van der Waals surface area contributed by atoms with Crippen molar-refractivity contribution in [2.24, 2.45) is 0 Å². The SMILES string of the molecule is COCCNS(=O)(=O)c1cccc(C(=O)Nc2ccc(C)cc2Cl)c1. The molecule has 0 aliphatic rings. The quantitative estimate of drug-likeness (QED) is 0.721. The number of benzene rings is 2. The molecule has 0 atom stereocenters. The van der Waals surface area contributed by atoms with Gasteiger partial charge in [0.15, 0.2) is 0 Å². The summed E-state index contributed by atoms with van der Waals surface area (Å²) in [7, 11) is -2.23. The molecule has 8 heteroatoms. The highest BCUT2D eigenvalue weighted by Gasteiger charge is 2.16. The highest BCUT2D eigenvalue weighted by atomic mass is 35.5. The van der Waals surface area contributed by atoms with Crippen molar-refractivity contribution in [2.45, 2.75) is 11.8 Å². The van der Waals surface area contributed by atoms with Crippen molar-refractivity contribution in [1.82, 2.24) is 4.72 Å². The number of amides is 1. The van der Waals surface area contributed by atoms with Crippen molar-refractivity contribution in [1.29, 1.82) is 0 Å². The van der Waals surface area contributed by atoms with Crippen LogP contribution in [0.4, 0.5) is 5.69 Å². The Bertz CT molecular complexity index is 869. The van der Waals surface area contributed by atoms with Gasteiger partial charge in [-0.3, -0.25) is 4.79 Å². The summed E-state index contributed by atoms with van der Waals surface area (Å²) in [4.78, 5) is 12.4. The number of sulfonamides is 1. The third-order valence-electron chi connectivity index (χ3n) is 3.38. The molecule has 25 heavy (non-hydrogen) atoms. The Kier molecular flexibility index (Phi) is 6.55. The van der Waals surface area contributed by atoms with Gasteiger partial charge in [0.1, 0.15) is 0 Å². The van der Waals surface area contributed by atoms with Crippen molar-refractivity contribution in [3.63, 3.8) is 0 Å². The highest BCUT2D eigenvalue weighted by Crippen LogP contribution is 2.23. The lowest BCUT2D eigenvalue weighted by Crippen LogP contribution is -2.27. The van der Waals surface area contributed by atoms with Gasteiger partial charge < -0.3 is 10.1 Å². The predicted octanol–water partition coefficient (Wildman–Crippen LogP) is 2.83. The first kappa shape index (κ1) is 19.4. The van der Waals surface area contributed by atoms with E-state index < -0.39 is 15.9 Å². The molecule has 0 spiro atoms. The molecule has 1 amide bonds. The summed E-state index contributed by atoms with van der Waals surface area (Å²) in [6.07, 6.45) is 0. The summed E-state index contributed by atoms with van der Waals surface area (Å²) >= 11 is 6.10. The summed E-state index contributed by atoms with van der Waals surface area (Å²) in [5.41, 5.74) is 1.65. The van der Waals surface area contributed by atoms with E-state index in [9.17, 15) is 13.2 Å². The third-order valence-corrected chi connectivity index (χ3v) is 5.15. The number of hydrogen-bond acceptors (Lipinski definition) is 4. The largest absolute Gasteiger partial charge is 0.383 e. The molecule has 0 aliphatic carbocycles. The van der Waals surface area contributed by atoms with Crippen LogP contribution in [0, 0.1) is 6.92 Å². The number of methoxy groups -OCH3 is 1. The molecule has 0 aliphatic heterocycles. The molecule has 134 valence electrons. The summed E-state index contributed by atoms with van der Waals surface area (Å²) in [6, 6.07) is 11.0. The van der Waals surface area contributed by atoms with Crippen molar-refractivity contribution in [2.75, 3.05) is 25.6 Å². The van der Waals surface area contributed by atoms with Gasteiger partial charge >= 0.3 is 0 Å². The maximum absolute atomic E-state index is 12.4. The van der Waals surface area contributed by atoms with Crippen LogP contribution in [0.2, 0.25) is 5.02 Å². The minimum absolute atomic E-state index is 0.00579. The molecule has 0 fully saturated rings. The third kappa shape index (κ3) is 5.27. The summed E-state index contributed by atoms with van der Waals surface area (Å²) in [5.74, 6) is -0.445. The molecule has 2 aromatic carbocycles. The van der Waals surface area contributed by atoms with Crippen molar-refractivity contribution in [3.8, 4) is 0 Å². The first-order chi connectivity index (χ1) is 11.8. The van der Waals surface area contributed by atoms with Gasteiger partial charge in [-0.15, -0.1) is 0 Å². The van der Waals surface area contributed by atoms with Crippen LogP contribution in [-0.2, 0) is 14.8 Å². The normalized spacial score (nSPS) is 11.3. The summed E-state index contributed by atoms with van der Waals surface area (Å²) in [6.45, 7) is 2.29. The van der Waals surface area contributed by atoms with Crippen LogP contribution >= 0.6 is 11.6 Å². The van der Waals surface area contributed by atoms with Gasteiger partial charge in [-0.25, -0.2) is 13.1 Å². The minimum atomic E-state index is -3.71. The fraction of sp³-hybridized carbons (Fsp3) is 0.235. The Morgan fingerprint density at radius 2 is 1.96 bits per heavy atom. The molecule has 0 unspecified atom stereocenters. The number of hydrogen-bond donors (Lipinski definition) is 2. The van der Waals surface area contributed by atoms with E-state index in [2.05, 4.69) is 10.0 Å². The predicted molar refractivity (Wildman–Crippen MR) is 97.6 cm³/mol. The topological polar surface area (TPSA) is 84.5 Å². The number of anilines is 1. The van der Waals surface area contributed by atoms with Gasteiger partial charge in [-0.05, 0) is 42.8 Å². The molecule has 6 nitrogen and oxygen atoms in total. The summed E-state index contributed by atoms with van der Waals surface area (Å²) in [5, 5.41) is 3.09. The maximum atomic E-state index is 12.4. The molecule has 2 rings (SSSR count). The number of rotatable bonds is 7. The molecule has 0 saturated heterocycles. The van der Waals surface area contributed by atoms with E-state index in [4.69, 9.17) is 16.3 Å². The smallest absolute Gasteiger partial charge is 0.255 e. The Morgan fingerprint density at radius 1 is 1.20 bits per heavy atom. The molecule has 0 aromatic heterocycles. The van der Waals surface area contributed by atoms with Gasteiger partial charge in [-0.2, -0.15) is 0 Å². The molecule has 0 radical (unpaired) electrons. The van der Waals surface area contributed by atoms with Gasteiger partial charge in [0.25, 0.3) is 5.91 Å². The lowest BCUT2D eigenvalue weighted by molar-refractivity contribution is 0.102. The van der Waals surface area contributed by atoms with Gasteiger partial charge in [0, 0.05) is 19.2 Å². The molecule has 0 saturated carbocycles. The fourth-order valence-electron chi connectivity index (χ4n) is 2.08. The zero-order valence-corrected chi connectivity index (χ0v) is 15.4. The van der Waals surface area contributed by atoms with E-state index in [0.717, 1.165) is 5.56 Å². The van der Waals surface area contributed by atoms with E-state index in [1.807, 2.05) is 13.0 Å². The number of aryl methyl sites for hydroxylation is 1. The van der Waals surface area contributed by atoms with Gasteiger partial charge in [-0.1, -0.05) is 23.7 Å². The molecular weight excluding hydrogens is 364 g/mol. The second kappa shape index (κ2) is 8.44. The van der Waals surface area contributed by atoms with E-state index in [0.29, 0.717) is 10.7 Å². The average molecular weight is 383 g/mol. The fourth-order valence-corrected chi connectivity index (χ4v) is 3.42. The highest BCUT2D eigenvalue weighted by molar-refractivity contribution is 7.89. The minimum Gasteiger partial charge on any atom is -0.383 e. The second-order valence-corrected chi connectivity index (χ2v) is 7.53. The maximum Gasteiger partial charge on any atom is 0.255 e. The first-order valence-corrected chi connectivity index (χ1v) is 9.36. The molecule has 2 N–H and O–H groups in total. The lowest BCUT2D eigenvalue weighted by atomic mass is 10.2. The zero-order chi connectivity index (χ0) is 18.4. The molecule has 0 heterocycles. The summed E-state index contributed by atoms with van der Waals surface area (Å²) < 4.78 is 31.6. The number of carbonyl (C=O) groups excluding carboxylic acids is 1. The number of nitrogens with one attached hydrogen (secondary N) is 2. The standard InChI is InChI=1S/C17H19ClN2O4S/c1-12-6-7-16(15(18)10-12)20-17(21)13-4-3-5-14(11-13)25(22,23)19-8-9-24-2/h3-7,10-11,19H,8-9H2,1-2H3,(H,20,21). The Hall–Kier alpha value is -1.93. The van der Waals surface area contributed by atoms with E-state index >= 15 is 0 Å². The monoisotopic (exact) mass is 382 g/mol. The average Bonchev–Trinajstić information content (AvgIpc) is 2.57. The van der Waals surface area contributed by atoms with Crippen LogP contribution in [0.15, 0.2) is 47.4 Å². The number of ether oxygens (including phenoxy) is 1. The van der Waals surface area contributed by atoms with E-state index in [-0.39, 0.29) is 23.6 Å². The van der Waals surface area contributed by atoms with Gasteiger partial charge in [0.05, 0.1) is 22.2 Å². The van der Waals surface area contributed by atoms with Crippen LogP contribution in [0.25, 0.3) is 0 Å². The molecule has 0 bridgehead atoms. The Morgan fingerprint density at radius 3 is 2.64 bits per heavy atom. The first-order valence-electron chi connectivity index (χ1n) is 7.49. The van der Waals surface area contributed by atoms with E-state index in [1.165, 1.54) is 31.4 Å². The molecular formula is C17H19ClN2O4S. The van der Waals surface area contributed by atoms with Crippen molar-refractivity contribution < 1.29 is 17.9 Å². The van der Waals surface area contributed by atoms with Crippen molar-refractivity contribution in [3.05, 3.63) is 58.6 Å². The Balaban J connectivity index is 2.18. The number of halogens is 1. The van der Waals surface area contributed by atoms with Gasteiger partial charge in [0.2, 0.25) is 10.0 Å². The zero-order valence-electron chi connectivity index (χ0n) is 13.9. The van der Waals surface area contributed by atoms with Crippen LogP contribution in [-0.4, -0.2) is 34.6 Å². The molecule has 2 aromatic rings. The second-order valence-electron chi connectivity index (χ2n) is 5.36. The van der Waals surface area contributed by atoms with Crippen molar-refractivity contribution >= 4 is 33.2 Å². The number of carbonyl (C=O) groups is 1.